The zero-order valence-electron chi connectivity index (χ0n) is 13.0. The number of rotatable bonds is 5. The summed E-state index contributed by atoms with van der Waals surface area (Å²) in [4.78, 5) is 17.9. The lowest BCUT2D eigenvalue weighted by Gasteiger charge is -2.14. The minimum atomic E-state index is -0.906. The molecule has 3 rings (SSSR count). The third kappa shape index (κ3) is 3.85. The van der Waals surface area contributed by atoms with E-state index < -0.39 is 5.97 Å². The van der Waals surface area contributed by atoms with Crippen LogP contribution in [0.1, 0.15) is 34.5 Å². The molecule has 1 N–H and O–H groups in total. The molecule has 1 fully saturated rings. The number of nitrogens with zero attached hydrogens (tertiary/aromatic N) is 2. The van der Waals surface area contributed by atoms with Crippen molar-refractivity contribution in [2.75, 3.05) is 19.6 Å². The van der Waals surface area contributed by atoms with Crippen molar-refractivity contribution >= 4 is 11.5 Å². The van der Waals surface area contributed by atoms with Crippen LogP contribution in [0.25, 0.3) is 5.57 Å². The molecule has 1 saturated heterocycles. The van der Waals surface area contributed by atoms with Gasteiger partial charge in [-0.1, -0.05) is 24.3 Å². The predicted octanol–water partition coefficient (Wildman–Crippen LogP) is 3.31. The molecule has 1 aliphatic heterocycles. The monoisotopic (exact) mass is 308 g/mol. The minimum Gasteiger partial charge on any atom is -0.478 e. The second-order valence-corrected chi connectivity index (χ2v) is 5.72. The molecule has 2 heterocycles. The van der Waals surface area contributed by atoms with E-state index in [1.54, 1.807) is 18.3 Å². The van der Waals surface area contributed by atoms with Crippen LogP contribution >= 0.6 is 0 Å². The highest BCUT2D eigenvalue weighted by Crippen LogP contribution is 2.22. The molecule has 0 atom stereocenters. The molecule has 4 heteroatoms. The van der Waals surface area contributed by atoms with E-state index in [-0.39, 0.29) is 0 Å². The molecule has 0 amide bonds. The van der Waals surface area contributed by atoms with Crippen molar-refractivity contribution in [3.8, 4) is 0 Å². The fourth-order valence-corrected chi connectivity index (χ4v) is 2.87. The van der Waals surface area contributed by atoms with Crippen molar-refractivity contribution in [3.63, 3.8) is 0 Å². The molecule has 0 radical (unpaired) electrons. The number of hydrogen-bond acceptors (Lipinski definition) is 3. The molecule has 0 unspecified atom stereocenters. The van der Waals surface area contributed by atoms with Crippen LogP contribution in [-0.2, 0) is 0 Å². The summed E-state index contributed by atoms with van der Waals surface area (Å²) < 4.78 is 0. The maximum Gasteiger partial charge on any atom is 0.335 e. The summed E-state index contributed by atoms with van der Waals surface area (Å²) in [5.74, 6) is -0.906. The lowest BCUT2D eigenvalue weighted by atomic mass is 10.00. The van der Waals surface area contributed by atoms with E-state index in [9.17, 15) is 4.79 Å². The summed E-state index contributed by atoms with van der Waals surface area (Å²) in [6.07, 6.45) is 6.51. The van der Waals surface area contributed by atoms with Gasteiger partial charge < -0.3 is 5.11 Å². The van der Waals surface area contributed by atoms with Crippen molar-refractivity contribution in [1.82, 2.24) is 9.88 Å². The van der Waals surface area contributed by atoms with Crippen LogP contribution in [0, 0.1) is 0 Å². The predicted molar refractivity (Wildman–Crippen MR) is 90.4 cm³/mol. The first kappa shape index (κ1) is 15.4. The highest BCUT2D eigenvalue weighted by atomic mass is 16.4. The quantitative estimate of drug-likeness (QED) is 0.920. The Balaban J connectivity index is 1.90. The van der Waals surface area contributed by atoms with Gasteiger partial charge in [0.1, 0.15) is 0 Å². The molecule has 1 aromatic carbocycles. The Morgan fingerprint density at radius 3 is 2.39 bits per heavy atom. The van der Waals surface area contributed by atoms with Crippen LogP contribution in [0.4, 0.5) is 0 Å². The summed E-state index contributed by atoms with van der Waals surface area (Å²) in [6.45, 7) is 3.18. The number of aromatic carboxylic acids is 1. The zero-order valence-corrected chi connectivity index (χ0v) is 13.0. The van der Waals surface area contributed by atoms with Gasteiger partial charge in [-0.2, -0.15) is 0 Å². The van der Waals surface area contributed by atoms with Crippen LogP contribution < -0.4 is 0 Å². The third-order valence-corrected chi connectivity index (χ3v) is 4.14. The minimum absolute atomic E-state index is 0.300. The summed E-state index contributed by atoms with van der Waals surface area (Å²) >= 11 is 0. The summed E-state index contributed by atoms with van der Waals surface area (Å²) in [5, 5.41) is 9.04. The summed E-state index contributed by atoms with van der Waals surface area (Å²) in [6, 6.07) is 12.9. The number of pyridine rings is 1. The standard InChI is InChI=1S/C19H20N2O2/c22-19(23)16-8-6-15(7-9-16)17(18-5-1-2-11-20-18)10-14-21-12-3-4-13-21/h1-2,5-11H,3-4,12-14H2,(H,22,23)/b17-10+. The normalized spacial score (nSPS) is 15.7. The Bertz CT molecular complexity index is 687. The van der Waals surface area contributed by atoms with E-state index in [0.717, 1.165) is 36.5 Å². The Hall–Kier alpha value is -2.46. The van der Waals surface area contributed by atoms with E-state index in [1.165, 1.54) is 12.8 Å². The van der Waals surface area contributed by atoms with Crippen molar-refractivity contribution in [2.45, 2.75) is 12.8 Å². The molecule has 0 aliphatic carbocycles. The Morgan fingerprint density at radius 2 is 1.78 bits per heavy atom. The van der Waals surface area contributed by atoms with Crippen LogP contribution in [-0.4, -0.2) is 40.6 Å². The highest BCUT2D eigenvalue weighted by molar-refractivity contribution is 5.88. The first-order valence-corrected chi connectivity index (χ1v) is 7.92. The summed E-state index contributed by atoms with van der Waals surface area (Å²) in [5.41, 5.74) is 3.26. The lowest BCUT2D eigenvalue weighted by molar-refractivity contribution is 0.0697. The second kappa shape index (κ2) is 7.20. The van der Waals surface area contributed by atoms with Gasteiger partial charge in [0.2, 0.25) is 0 Å². The molecule has 1 aromatic heterocycles. The van der Waals surface area contributed by atoms with Gasteiger partial charge in [0.05, 0.1) is 11.3 Å². The Morgan fingerprint density at radius 1 is 1.09 bits per heavy atom. The van der Waals surface area contributed by atoms with Gasteiger partial charge in [0.15, 0.2) is 0 Å². The Kier molecular flexibility index (Phi) is 4.83. The van der Waals surface area contributed by atoms with E-state index in [2.05, 4.69) is 16.0 Å². The van der Waals surface area contributed by atoms with Gasteiger partial charge in [-0.3, -0.25) is 9.88 Å². The van der Waals surface area contributed by atoms with Gasteiger partial charge >= 0.3 is 5.97 Å². The van der Waals surface area contributed by atoms with E-state index in [4.69, 9.17) is 5.11 Å². The van der Waals surface area contributed by atoms with Crippen molar-refractivity contribution in [2.24, 2.45) is 0 Å². The number of likely N-dealkylation sites (tertiary alicyclic amines) is 1. The third-order valence-electron chi connectivity index (χ3n) is 4.14. The molecule has 118 valence electrons. The van der Waals surface area contributed by atoms with Gasteiger partial charge in [-0.05, 0) is 55.8 Å². The first-order valence-electron chi connectivity index (χ1n) is 7.92. The van der Waals surface area contributed by atoms with Crippen molar-refractivity contribution < 1.29 is 9.90 Å². The lowest BCUT2D eigenvalue weighted by Crippen LogP contribution is -2.19. The van der Waals surface area contributed by atoms with Gasteiger partial charge in [0, 0.05) is 18.3 Å². The number of carbonyl (C=O) groups is 1. The molecule has 0 bridgehead atoms. The number of hydrogen-bond donors (Lipinski definition) is 1. The molecular weight excluding hydrogens is 288 g/mol. The average Bonchev–Trinajstić information content (AvgIpc) is 3.10. The summed E-state index contributed by atoms with van der Waals surface area (Å²) in [7, 11) is 0. The highest BCUT2D eigenvalue weighted by Gasteiger charge is 2.12. The van der Waals surface area contributed by atoms with Crippen LogP contribution in [0.15, 0.2) is 54.7 Å². The average molecular weight is 308 g/mol. The second-order valence-electron chi connectivity index (χ2n) is 5.72. The molecule has 0 spiro atoms. The van der Waals surface area contributed by atoms with Gasteiger partial charge in [-0.15, -0.1) is 0 Å². The van der Waals surface area contributed by atoms with Gasteiger partial charge in [-0.25, -0.2) is 4.79 Å². The molecular formula is C19H20N2O2. The number of carboxylic acids is 1. The molecule has 2 aromatic rings. The maximum absolute atomic E-state index is 11.0. The van der Waals surface area contributed by atoms with Crippen molar-refractivity contribution in [1.29, 1.82) is 0 Å². The topological polar surface area (TPSA) is 53.4 Å². The SMILES string of the molecule is O=C(O)c1ccc(/C(=C\CN2CCCC2)c2ccccn2)cc1. The van der Waals surface area contributed by atoms with Gasteiger partial charge in [0.25, 0.3) is 0 Å². The fraction of sp³-hybridized carbons (Fsp3) is 0.263. The van der Waals surface area contributed by atoms with Crippen LogP contribution in [0.2, 0.25) is 0 Å². The number of benzene rings is 1. The number of carboxylic acid groups (broad SMARTS) is 1. The van der Waals surface area contributed by atoms with Crippen LogP contribution in [0.5, 0.6) is 0 Å². The Labute approximate surface area is 136 Å². The first-order chi connectivity index (χ1) is 11.2. The van der Waals surface area contributed by atoms with Crippen LogP contribution in [0.3, 0.4) is 0 Å². The van der Waals surface area contributed by atoms with Crippen molar-refractivity contribution in [3.05, 3.63) is 71.6 Å². The molecule has 4 nitrogen and oxygen atoms in total. The largest absolute Gasteiger partial charge is 0.478 e. The molecule has 1 aliphatic rings. The van der Waals surface area contributed by atoms with E-state index in [0.29, 0.717) is 5.56 Å². The number of aromatic nitrogens is 1. The van der Waals surface area contributed by atoms with E-state index in [1.807, 2.05) is 30.3 Å². The molecule has 23 heavy (non-hydrogen) atoms. The zero-order chi connectivity index (χ0) is 16.1. The molecule has 0 saturated carbocycles. The van der Waals surface area contributed by atoms with E-state index >= 15 is 0 Å². The fourth-order valence-electron chi connectivity index (χ4n) is 2.87. The maximum atomic E-state index is 11.0. The smallest absolute Gasteiger partial charge is 0.335 e.